The number of methoxy groups -OCH3 is 1. The third-order valence-corrected chi connectivity index (χ3v) is 8.25. The molecule has 1 aromatic carbocycles. The number of alkyl halides is 6. The number of benzene rings is 1. The van der Waals surface area contributed by atoms with E-state index in [4.69, 9.17) is 21.1 Å². The number of aromatic nitrogens is 6. The first-order valence-corrected chi connectivity index (χ1v) is 13.1. The van der Waals surface area contributed by atoms with Gasteiger partial charge in [0.05, 0.1) is 35.7 Å². The van der Waals surface area contributed by atoms with Gasteiger partial charge in [0.1, 0.15) is 30.0 Å². The number of hydrogen-bond donors (Lipinski definition) is 2. The lowest BCUT2D eigenvalue weighted by Gasteiger charge is -2.48. The number of aliphatic hydroxyl groups is 2. The van der Waals surface area contributed by atoms with E-state index in [1.54, 1.807) is 0 Å². The van der Waals surface area contributed by atoms with Crippen molar-refractivity contribution in [2.75, 3.05) is 13.7 Å². The largest absolute Gasteiger partial charge is 0.403 e. The molecule has 1 saturated carbocycles. The zero-order valence-electron chi connectivity index (χ0n) is 21.9. The molecule has 0 spiro atoms. The van der Waals surface area contributed by atoms with Crippen LogP contribution < -0.4 is 0 Å². The van der Waals surface area contributed by atoms with Gasteiger partial charge >= 0.3 is 12.4 Å². The van der Waals surface area contributed by atoms with Crippen LogP contribution in [-0.4, -0.2) is 90.7 Å². The van der Waals surface area contributed by atoms with Crippen LogP contribution in [0.15, 0.2) is 24.5 Å². The molecule has 0 radical (unpaired) electrons. The minimum absolute atomic E-state index is 0.115. The summed E-state index contributed by atoms with van der Waals surface area (Å²) in [4.78, 5) is 0. The van der Waals surface area contributed by atoms with Gasteiger partial charge in [-0.3, -0.25) is 0 Å². The fourth-order valence-corrected chi connectivity index (χ4v) is 5.69. The normalized spacial score (nSPS) is 26.5. The van der Waals surface area contributed by atoms with Crippen molar-refractivity contribution >= 4 is 11.6 Å². The monoisotopic (exact) mass is 646 g/mol. The molecular formula is C24H23ClF8N6O4. The van der Waals surface area contributed by atoms with Crippen molar-refractivity contribution in [3.05, 3.63) is 46.9 Å². The topological polar surface area (TPSA) is 120 Å². The highest BCUT2D eigenvalue weighted by atomic mass is 35.5. The summed E-state index contributed by atoms with van der Waals surface area (Å²) in [6.45, 7) is -0.672. The van der Waals surface area contributed by atoms with Crippen molar-refractivity contribution in [3.63, 3.8) is 0 Å². The van der Waals surface area contributed by atoms with E-state index >= 15 is 0 Å². The molecule has 236 valence electrons. The van der Waals surface area contributed by atoms with Crippen molar-refractivity contribution in [2.45, 2.75) is 68.1 Å². The second-order valence-corrected chi connectivity index (χ2v) is 10.8. The predicted octanol–water partition coefficient (Wildman–Crippen LogP) is 3.83. The molecule has 0 amide bonds. The summed E-state index contributed by atoms with van der Waals surface area (Å²) < 4.78 is 122. The number of nitrogens with zero attached hydrogens (tertiary/aromatic N) is 6. The zero-order valence-corrected chi connectivity index (χ0v) is 22.7. The van der Waals surface area contributed by atoms with Crippen molar-refractivity contribution in [1.29, 1.82) is 0 Å². The van der Waals surface area contributed by atoms with Crippen LogP contribution in [0.5, 0.6) is 0 Å². The van der Waals surface area contributed by atoms with Gasteiger partial charge in [0.25, 0.3) is 0 Å². The van der Waals surface area contributed by atoms with E-state index < -0.39 is 90.4 Å². The fraction of sp³-hybridized carbons (Fsp3) is 0.583. The Bertz CT molecular complexity index is 1440. The summed E-state index contributed by atoms with van der Waals surface area (Å²) in [5, 5.41) is 35.7. The Morgan fingerprint density at radius 1 is 1.00 bits per heavy atom. The Kier molecular flexibility index (Phi) is 8.21. The van der Waals surface area contributed by atoms with Gasteiger partial charge in [-0.05, 0) is 25.0 Å². The molecule has 1 aliphatic heterocycles. The summed E-state index contributed by atoms with van der Waals surface area (Å²) in [6.07, 6.45) is -15.9. The molecule has 3 heterocycles. The third kappa shape index (κ3) is 5.36. The van der Waals surface area contributed by atoms with Crippen LogP contribution in [0.2, 0.25) is 5.02 Å². The fourth-order valence-electron chi connectivity index (χ4n) is 5.55. The number of hydrogen-bond acceptors (Lipinski definition) is 8. The lowest BCUT2D eigenvalue weighted by atomic mass is 9.64. The highest BCUT2D eigenvalue weighted by Crippen LogP contribution is 2.65. The highest BCUT2D eigenvalue weighted by molar-refractivity contribution is 6.30. The summed E-state index contributed by atoms with van der Waals surface area (Å²) in [7, 11) is 1.27. The lowest BCUT2D eigenvalue weighted by Crippen LogP contribution is -2.58. The number of aliphatic hydroxyl groups excluding tert-OH is 2. The lowest BCUT2D eigenvalue weighted by molar-refractivity contribution is -0.373. The van der Waals surface area contributed by atoms with E-state index in [9.17, 15) is 45.3 Å². The van der Waals surface area contributed by atoms with Gasteiger partial charge in [-0.2, -0.15) is 26.3 Å². The molecule has 10 nitrogen and oxygen atoms in total. The molecule has 2 aliphatic rings. The Hall–Kier alpha value is -2.93. The smallest absolute Gasteiger partial charge is 0.394 e. The SMILES string of the molecule is CO[C@@H]1[C@@H](n2cc(-c3ccc(Cl)c(F)c3F)nn2)[C@@H](O)[C@@H](CO)O[C@@H]1Cc1cn(C2CC(C(F)(F)F)(C(F)(F)F)C2)nn1. The molecule has 5 rings (SSSR count). The van der Waals surface area contributed by atoms with E-state index in [1.165, 1.54) is 25.6 Å². The van der Waals surface area contributed by atoms with Crippen LogP contribution in [-0.2, 0) is 15.9 Å². The number of halogens is 9. The molecule has 2 aromatic heterocycles. The molecule has 1 aliphatic carbocycles. The van der Waals surface area contributed by atoms with Crippen molar-refractivity contribution in [2.24, 2.45) is 5.41 Å². The second kappa shape index (κ2) is 11.2. The maximum Gasteiger partial charge on any atom is 0.403 e. The van der Waals surface area contributed by atoms with Crippen LogP contribution >= 0.6 is 11.6 Å². The van der Waals surface area contributed by atoms with E-state index in [0.717, 1.165) is 15.4 Å². The Morgan fingerprint density at radius 2 is 1.65 bits per heavy atom. The first-order chi connectivity index (χ1) is 20.1. The maximum absolute atomic E-state index is 14.5. The molecule has 19 heteroatoms. The van der Waals surface area contributed by atoms with Gasteiger partial charge in [-0.25, -0.2) is 18.1 Å². The Labute approximate surface area is 242 Å². The molecular weight excluding hydrogens is 624 g/mol. The van der Waals surface area contributed by atoms with Crippen molar-refractivity contribution in [3.8, 4) is 11.3 Å². The van der Waals surface area contributed by atoms with E-state index in [-0.39, 0.29) is 23.4 Å². The summed E-state index contributed by atoms with van der Waals surface area (Å²) >= 11 is 5.61. The zero-order chi connectivity index (χ0) is 31.5. The van der Waals surface area contributed by atoms with Crippen molar-refractivity contribution in [1.82, 2.24) is 30.0 Å². The number of rotatable bonds is 7. The van der Waals surface area contributed by atoms with Gasteiger partial charge in [-0.1, -0.05) is 22.0 Å². The molecule has 2 fully saturated rings. The predicted molar refractivity (Wildman–Crippen MR) is 129 cm³/mol. The molecule has 0 unspecified atom stereocenters. The molecule has 2 N–H and O–H groups in total. The molecule has 5 atom stereocenters. The Morgan fingerprint density at radius 3 is 2.26 bits per heavy atom. The average Bonchev–Trinajstić information content (AvgIpc) is 3.56. The average molecular weight is 647 g/mol. The van der Waals surface area contributed by atoms with E-state index in [0.29, 0.717) is 0 Å². The molecule has 0 bridgehead atoms. The van der Waals surface area contributed by atoms with Crippen LogP contribution in [0, 0.1) is 17.0 Å². The minimum atomic E-state index is -5.49. The van der Waals surface area contributed by atoms with Crippen LogP contribution in [0.4, 0.5) is 35.1 Å². The first kappa shape index (κ1) is 31.5. The van der Waals surface area contributed by atoms with E-state index in [1.807, 2.05) is 0 Å². The third-order valence-electron chi connectivity index (χ3n) is 7.96. The second-order valence-electron chi connectivity index (χ2n) is 10.4. The molecule has 1 saturated heterocycles. The maximum atomic E-state index is 14.5. The van der Waals surface area contributed by atoms with Crippen LogP contribution in [0.1, 0.15) is 30.6 Å². The standard InChI is InChI=1S/C24H23ClF8N6O4/c1-42-21-15(4-10-7-38(36-34-10)11-5-22(6-11,23(28,29)30)24(31,32)33)43-16(9-40)20(41)19(21)39-8-14(35-37-39)12-2-3-13(25)18(27)17(12)26/h2-3,7-8,11,15-16,19-21,40-41H,4-6,9H2,1H3/t15-,16-,19+,20+,21+/m1/s1. The first-order valence-electron chi connectivity index (χ1n) is 12.7. The molecule has 43 heavy (non-hydrogen) atoms. The van der Waals surface area contributed by atoms with Gasteiger partial charge < -0.3 is 19.7 Å². The summed E-state index contributed by atoms with van der Waals surface area (Å²) in [5.74, 6) is -2.58. The van der Waals surface area contributed by atoms with Gasteiger partial charge in [0, 0.05) is 25.3 Å². The van der Waals surface area contributed by atoms with Crippen LogP contribution in [0.25, 0.3) is 11.3 Å². The minimum Gasteiger partial charge on any atom is -0.394 e. The molecule has 3 aromatic rings. The summed E-state index contributed by atoms with van der Waals surface area (Å²) in [6, 6.07) is -0.0116. The highest BCUT2D eigenvalue weighted by Gasteiger charge is 2.76. The van der Waals surface area contributed by atoms with Crippen LogP contribution in [0.3, 0.4) is 0 Å². The van der Waals surface area contributed by atoms with Crippen molar-refractivity contribution < 1.29 is 54.8 Å². The number of ether oxygens (including phenoxy) is 2. The van der Waals surface area contributed by atoms with E-state index in [2.05, 4.69) is 20.6 Å². The van der Waals surface area contributed by atoms with Gasteiger partial charge in [-0.15, -0.1) is 10.2 Å². The summed E-state index contributed by atoms with van der Waals surface area (Å²) in [5.41, 5.74) is -4.10. The van der Waals surface area contributed by atoms with Gasteiger partial charge in [0.2, 0.25) is 0 Å². The Balaban J connectivity index is 1.37. The van der Waals surface area contributed by atoms with Gasteiger partial charge in [0.15, 0.2) is 17.0 Å². The quantitative estimate of drug-likeness (QED) is 0.294.